The van der Waals surface area contributed by atoms with E-state index < -0.39 is 15.3 Å². The molecule has 5 heteroatoms. The number of benzene rings is 1. The summed E-state index contributed by atoms with van der Waals surface area (Å²) in [6, 6.07) is 9.58. The zero-order valence-corrected chi connectivity index (χ0v) is 10.1. The van der Waals surface area contributed by atoms with Crippen LogP contribution in [0, 0.1) is 0 Å². The molecule has 90 valence electrons. The third-order valence-electron chi connectivity index (χ3n) is 2.23. The molecule has 0 aliphatic rings. The topological polar surface area (TPSA) is 66.4 Å². The maximum Gasteiger partial charge on any atom is 0.176 e. The van der Waals surface area contributed by atoms with Crippen LogP contribution >= 0.6 is 0 Å². The lowest BCUT2D eigenvalue weighted by Crippen LogP contribution is -2.21. The molecule has 1 rings (SSSR count). The summed E-state index contributed by atoms with van der Waals surface area (Å²) in [5.41, 5.74) is -0.304. The molecule has 16 heavy (non-hydrogen) atoms. The Morgan fingerprint density at radius 2 is 1.94 bits per heavy atom. The number of hydrogen-bond donors (Lipinski definition) is 2. The Morgan fingerprint density at radius 3 is 2.50 bits per heavy atom. The molecule has 0 spiro atoms. The Labute approximate surface area is 96.2 Å². The Bertz CT molecular complexity index is 400. The minimum absolute atomic E-state index is 0.00446. The molecule has 2 N–H and O–H groups in total. The predicted octanol–water partition coefficient (Wildman–Crippen LogP) is 1.24. The van der Waals surface area contributed by atoms with E-state index in [0.29, 0.717) is 13.0 Å². The first-order chi connectivity index (χ1) is 7.52. The normalized spacial score (nSPS) is 13.4. The third-order valence-corrected chi connectivity index (χ3v) is 4.13. The van der Waals surface area contributed by atoms with E-state index in [9.17, 15) is 8.42 Å². The molecule has 0 radical (unpaired) electrons. The minimum Gasteiger partial charge on any atom is -0.385 e. The van der Waals surface area contributed by atoms with Gasteiger partial charge in [-0.15, -0.1) is 0 Å². The van der Waals surface area contributed by atoms with Crippen molar-refractivity contribution >= 4 is 15.5 Å². The molecule has 0 bridgehead atoms. The van der Waals surface area contributed by atoms with Crippen molar-refractivity contribution < 1.29 is 13.5 Å². The largest absolute Gasteiger partial charge is 0.385 e. The second kappa shape index (κ2) is 5.86. The van der Waals surface area contributed by atoms with Gasteiger partial charge in [-0.25, -0.2) is 8.42 Å². The number of aliphatic hydroxyl groups excluding tert-OH is 1. The monoisotopic (exact) mass is 243 g/mol. The van der Waals surface area contributed by atoms with Crippen LogP contribution in [0.1, 0.15) is 13.3 Å². The second-order valence-corrected chi connectivity index (χ2v) is 6.03. The molecular weight excluding hydrogens is 226 g/mol. The molecule has 1 aromatic rings. The van der Waals surface area contributed by atoms with E-state index in [2.05, 4.69) is 5.32 Å². The fraction of sp³-hybridized carbons (Fsp3) is 0.455. The van der Waals surface area contributed by atoms with Crippen molar-refractivity contribution in [2.24, 2.45) is 0 Å². The highest BCUT2D eigenvalue weighted by molar-refractivity contribution is 7.91. The van der Waals surface area contributed by atoms with Gasteiger partial charge in [-0.3, -0.25) is 0 Å². The molecule has 0 aliphatic heterocycles. The number of rotatable bonds is 6. The Kier molecular flexibility index (Phi) is 4.76. The van der Waals surface area contributed by atoms with Crippen molar-refractivity contribution in [3.05, 3.63) is 30.3 Å². The van der Waals surface area contributed by atoms with E-state index in [1.165, 1.54) is 6.92 Å². The van der Waals surface area contributed by atoms with Crippen LogP contribution in [0.25, 0.3) is 0 Å². The van der Waals surface area contributed by atoms with E-state index in [1.54, 1.807) is 0 Å². The average molecular weight is 243 g/mol. The number of sulfone groups is 1. The Hall–Kier alpha value is -1.07. The quantitative estimate of drug-likeness (QED) is 0.738. The lowest BCUT2D eigenvalue weighted by Gasteiger charge is -2.08. The summed E-state index contributed by atoms with van der Waals surface area (Å²) in [6.07, 6.45) is 0.488. The fourth-order valence-corrected chi connectivity index (χ4v) is 2.12. The smallest absolute Gasteiger partial charge is 0.176 e. The van der Waals surface area contributed by atoms with Gasteiger partial charge in [0.05, 0.1) is 5.75 Å². The lowest BCUT2D eigenvalue weighted by atomic mass is 10.3. The molecule has 0 saturated carbocycles. The van der Waals surface area contributed by atoms with Crippen molar-refractivity contribution in [1.82, 2.24) is 0 Å². The molecule has 0 aliphatic carbocycles. The van der Waals surface area contributed by atoms with Gasteiger partial charge in [0.15, 0.2) is 15.3 Å². The minimum atomic E-state index is -3.34. The van der Waals surface area contributed by atoms with E-state index >= 15 is 0 Å². The van der Waals surface area contributed by atoms with Crippen LogP contribution in [0.4, 0.5) is 5.69 Å². The number of anilines is 1. The van der Waals surface area contributed by atoms with Crippen LogP contribution < -0.4 is 5.32 Å². The van der Waals surface area contributed by atoms with Crippen molar-refractivity contribution in [3.63, 3.8) is 0 Å². The number of nitrogens with one attached hydrogen (secondary N) is 1. The molecule has 0 heterocycles. The van der Waals surface area contributed by atoms with Crippen LogP contribution in [0.15, 0.2) is 30.3 Å². The summed E-state index contributed by atoms with van der Waals surface area (Å²) in [6.45, 7) is 1.86. The SMILES string of the molecule is CC(O)S(=O)(=O)CCCNc1ccccc1. The van der Waals surface area contributed by atoms with Gasteiger partial charge < -0.3 is 10.4 Å². The standard InChI is InChI=1S/C11H17NO3S/c1-10(13)16(14,15)9-5-8-12-11-6-3-2-4-7-11/h2-4,6-7,10,12-13H,5,8-9H2,1H3. The number of hydrogen-bond acceptors (Lipinski definition) is 4. The van der Waals surface area contributed by atoms with Gasteiger partial charge in [0.1, 0.15) is 0 Å². The first-order valence-electron chi connectivity index (χ1n) is 5.21. The van der Waals surface area contributed by atoms with E-state index in [0.717, 1.165) is 5.69 Å². The van der Waals surface area contributed by atoms with E-state index in [1.807, 2.05) is 30.3 Å². The fourth-order valence-electron chi connectivity index (χ4n) is 1.23. The molecule has 0 saturated heterocycles. The van der Waals surface area contributed by atoms with Crippen LogP contribution in [-0.4, -0.2) is 31.3 Å². The van der Waals surface area contributed by atoms with Gasteiger partial charge in [-0.1, -0.05) is 18.2 Å². The van der Waals surface area contributed by atoms with Crippen LogP contribution in [0.5, 0.6) is 0 Å². The van der Waals surface area contributed by atoms with E-state index in [4.69, 9.17) is 5.11 Å². The highest BCUT2D eigenvalue weighted by Gasteiger charge is 2.16. The summed E-state index contributed by atoms with van der Waals surface area (Å²) in [7, 11) is -3.34. The van der Waals surface area contributed by atoms with Crippen molar-refractivity contribution in [3.8, 4) is 0 Å². The van der Waals surface area contributed by atoms with Crippen molar-refractivity contribution in [2.45, 2.75) is 18.8 Å². The predicted molar refractivity (Wildman–Crippen MR) is 65.0 cm³/mol. The van der Waals surface area contributed by atoms with Gasteiger partial charge in [-0.05, 0) is 25.5 Å². The summed E-state index contributed by atoms with van der Waals surface area (Å²) in [5.74, 6) is 0.00446. The summed E-state index contributed by atoms with van der Waals surface area (Å²) in [4.78, 5) is 0. The van der Waals surface area contributed by atoms with Crippen molar-refractivity contribution in [2.75, 3.05) is 17.6 Å². The van der Waals surface area contributed by atoms with Crippen LogP contribution in [0.3, 0.4) is 0 Å². The molecule has 0 fully saturated rings. The zero-order chi connectivity index (χ0) is 12.0. The number of aliphatic hydroxyl groups is 1. The number of para-hydroxylation sites is 1. The molecule has 0 aromatic heterocycles. The van der Waals surface area contributed by atoms with Gasteiger partial charge in [0, 0.05) is 12.2 Å². The van der Waals surface area contributed by atoms with Crippen molar-refractivity contribution in [1.29, 1.82) is 0 Å². The Balaban J connectivity index is 2.28. The second-order valence-electron chi connectivity index (χ2n) is 3.61. The summed E-state index contributed by atoms with van der Waals surface area (Å²) in [5, 5.41) is 12.1. The first-order valence-corrected chi connectivity index (χ1v) is 6.92. The van der Waals surface area contributed by atoms with E-state index in [-0.39, 0.29) is 5.75 Å². The molecule has 1 atom stereocenters. The molecule has 1 aromatic carbocycles. The van der Waals surface area contributed by atoms with Gasteiger partial charge >= 0.3 is 0 Å². The van der Waals surface area contributed by atoms with Gasteiger partial charge in [0.25, 0.3) is 0 Å². The first kappa shape index (κ1) is 13.0. The maximum atomic E-state index is 11.3. The third kappa shape index (κ3) is 4.20. The van der Waals surface area contributed by atoms with Crippen LogP contribution in [-0.2, 0) is 9.84 Å². The van der Waals surface area contributed by atoms with Gasteiger partial charge in [-0.2, -0.15) is 0 Å². The summed E-state index contributed by atoms with van der Waals surface area (Å²) >= 11 is 0. The Morgan fingerprint density at radius 1 is 1.31 bits per heavy atom. The molecule has 4 nitrogen and oxygen atoms in total. The average Bonchev–Trinajstić information content (AvgIpc) is 2.26. The highest BCUT2D eigenvalue weighted by Crippen LogP contribution is 2.05. The maximum absolute atomic E-state index is 11.3. The van der Waals surface area contributed by atoms with Crippen LogP contribution in [0.2, 0.25) is 0 Å². The zero-order valence-electron chi connectivity index (χ0n) is 9.26. The molecular formula is C11H17NO3S. The lowest BCUT2D eigenvalue weighted by molar-refractivity contribution is 0.268. The summed E-state index contributed by atoms with van der Waals surface area (Å²) < 4.78 is 22.5. The molecule has 0 amide bonds. The molecule has 1 unspecified atom stereocenters. The van der Waals surface area contributed by atoms with Gasteiger partial charge in [0.2, 0.25) is 0 Å². The highest BCUT2D eigenvalue weighted by atomic mass is 32.2.